The summed E-state index contributed by atoms with van der Waals surface area (Å²) in [5.41, 5.74) is 3.19. The Kier molecular flexibility index (Phi) is 2.86. The molecule has 0 aliphatic carbocycles. The van der Waals surface area contributed by atoms with Crippen LogP contribution in [0.4, 0.5) is 0 Å². The van der Waals surface area contributed by atoms with Crippen LogP contribution in [0, 0.1) is 13.8 Å². The van der Waals surface area contributed by atoms with Crippen LogP contribution in [0.5, 0.6) is 0 Å². The van der Waals surface area contributed by atoms with E-state index in [1.807, 2.05) is 30.7 Å². The van der Waals surface area contributed by atoms with Gasteiger partial charge >= 0.3 is 5.69 Å². The maximum Gasteiger partial charge on any atom is 0.340 e. The van der Waals surface area contributed by atoms with Crippen LogP contribution < -0.4 is 5.69 Å². The van der Waals surface area contributed by atoms with Gasteiger partial charge in [0.05, 0.1) is 18.3 Å². The minimum absolute atomic E-state index is 0.328. The fourth-order valence-corrected chi connectivity index (χ4v) is 2.65. The van der Waals surface area contributed by atoms with Gasteiger partial charge in [0.1, 0.15) is 5.82 Å². The molecule has 4 aromatic heterocycles. The fourth-order valence-electron chi connectivity index (χ4n) is 2.65. The first-order valence-electron chi connectivity index (χ1n) is 7.09. The highest BCUT2D eigenvalue weighted by atomic mass is 16.1. The molecule has 0 unspecified atom stereocenters. The molecular formula is C14H14N8O. The van der Waals surface area contributed by atoms with E-state index in [1.165, 1.54) is 0 Å². The molecule has 9 nitrogen and oxygen atoms in total. The Balaban J connectivity index is 1.83. The lowest BCUT2D eigenvalue weighted by Crippen LogP contribution is -2.05. The van der Waals surface area contributed by atoms with Crippen molar-refractivity contribution in [1.82, 2.24) is 39.3 Å². The van der Waals surface area contributed by atoms with E-state index in [0.29, 0.717) is 12.4 Å². The van der Waals surface area contributed by atoms with Gasteiger partial charge in [0.15, 0.2) is 11.5 Å². The summed E-state index contributed by atoms with van der Waals surface area (Å²) in [6, 6.07) is 1.98. The first-order valence-corrected chi connectivity index (χ1v) is 7.09. The highest BCUT2D eigenvalue weighted by molar-refractivity contribution is 5.72. The number of H-pyrrole nitrogens is 2. The second-order valence-electron chi connectivity index (χ2n) is 5.34. The molecule has 0 atom stereocenters. The fraction of sp³-hybridized carbons (Fsp3) is 0.214. The predicted molar refractivity (Wildman–Crippen MR) is 82.0 cm³/mol. The predicted octanol–water partition coefficient (Wildman–Crippen LogP) is 0.669. The van der Waals surface area contributed by atoms with Gasteiger partial charge in [0, 0.05) is 23.8 Å². The van der Waals surface area contributed by atoms with Crippen molar-refractivity contribution in [2.24, 2.45) is 0 Å². The summed E-state index contributed by atoms with van der Waals surface area (Å²) < 4.78 is 3.68. The Morgan fingerprint density at radius 3 is 2.96 bits per heavy atom. The van der Waals surface area contributed by atoms with Crippen LogP contribution in [0.25, 0.3) is 17.0 Å². The Morgan fingerprint density at radius 2 is 2.17 bits per heavy atom. The van der Waals surface area contributed by atoms with E-state index < -0.39 is 0 Å². The molecule has 0 aliphatic heterocycles. The molecule has 0 aromatic carbocycles. The zero-order valence-corrected chi connectivity index (χ0v) is 12.6. The van der Waals surface area contributed by atoms with E-state index in [2.05, 4.69) is 30.2 Å². The third-order valence-corrected chi connectivity index (χ3v) is 3.60. The molecule has 0 radical (unpaired) electrons. The standard InChI is InChI=1S/C14H14N8O/c1-8-5-9(2)22-13(17-8)10(6-16-22)12-15-3-4-21(12)7-11-18-14(23)20-19-11/h3-6H,7H2,1-2H3,(H2,18,19,20,23). The van der Waals surface area contributed by atoms with Crippen molar-refractivity contribution < 1.29 is 0 Å². The zero-order valence-electron chi connectivity index (χ0n) is 12.6. The van der Waals surface area contributed by atoms with Crippen molar-refractivity contribution in [2.75, 3.05) is 0 Å². The van der Waals surface area contributed by atoms with Crippen LogP contribution in [0.2, 0.25) is 0 Å². The topological polar surface area (TPSA) is 110 Å². The number of rotatable bonds is 3. The summed E-state index contributed by atoms with van der Waals surface area (Å²) in [5, 5.41) is 10.7. The molecular weight excluding hydrogens is 296 g/mol. The van der Waals surface area contributed by atoms with Gasteiger partial charge in [-0.3, -0.25) is 4.98 Å². The van der Waals surface area contributed by atoms with Gasteiger partial charge in [-0.15, -0.1) is 0 Å². The van der Waals surface area contributed by atoms with Gasteiger partial charge in [0.2, 0.25) is 0 Å². The first kappa shape index (κ1) is 13.4. The quantitative estimate of drug-likeness (QED) is 0.578. The summed E-state index contributed by atoms with van der Waals surface area (Å²) in [4.78, 5) is 22.8. The number of aryl methyl sites for hydroxylation is 2. The molecule has 2 N–H and O–H groups in total. The van der Waals surface area contributed by atoms with Gasteiger partial charge in [-0.2, -0.15) is 10.2 Å². The van der Waals surface area contributed by atoms with Crippen LogP contribution in [-0.4, -0.2) is 39.3 Å². The number of fused-ring (bicyclic) bond motifs is 1. The average Bonchev–Trinajstić information content (AvgIpc) is 3.19. The van der Waals surface area contributed by atoms with Gasteiger partial charge in [0.25, 0.3) is 0 Å². The second-order valence-corrected chi connectivity index (χ2v) is 5.34. The molecule has 0 saturated carbocycles. The maximum absolute atomic E-state index is 11.2. The van der Waals surface area contributed by atoms with Gasteiger partial charge < -0.3 is 4.57 Å². The summed E-state index contributed by atoms with van der Waals surface area (Å²) in [6.07, 6.45) is 5.28. The minimum atomic E-state index is -0.328. The summed E-state index contributed by atoms with van der Waals surface area (Å²) in [5.74, 6) is 1.26. The Bertz CT molecular complexity index is 1050. The highest BCUT2D eigenvalue weighted by Gasteiger charge is 2.15. The van der Waals surface area contributed by atoms with Crippen LogP contribution in [0.3, 0.4) is 0 Å². The zero-order chi connectivity index (χ0) is 16.0. The molecule has 0 bridgehead atoms. The lowest BCUT2D eigenvalue weighted by Gasteiger charge is -2.05. The number of imidazole rings is 1. The molecule has 0 saturated heterocycles. The molecule has 4 heterocycles. The van der Waals surface area contributed by atoms with Gasteiger partial charge in [-0.05, 0) is 19.9 Å². The van der Waals surface area contributed by atoms with E-state index >= 15 is 0 Å². The van der Waals surface area contributed by atoms with Crippen molar-refractivity contribution in [2.45, 2.75) is 20.4 Å². The number of hydrogen-bond acceptors (Lipinski definition) is 5. The lowest BCUT2D eigenvalue weighted by atomic mass is 10.3. The smallest absolute Gasteiger partial charge is 0.323 e. The lowest BCUT2D eigenvalue weighted by molar-refractivity contribution is 0.755. The van der Waals surface area contributed by atoms with Crippen molar-refractivity contribution >= 4 is 5.65 Å². The minimum Gasteiger partial charge on any atom is -0.323 e. The highest BCUT2D eigenvalue weighted by Crippen LogP contribution is 2.23. The van der Waals surface area contributed by atoms with Crippen LogP contribution in [-0.2, 0) is 6.54 Å². The van der Waals surface area contributed by atoms with Crippen LogP contribution in [0.15, 0.2) is 29.5 Å². The van der Waals surface area contributed by atoms with E-state index in [4.69, 9.17) is 0 Å². The molecule has 116 valence electrons. The maximum atomic E-state index is 11.2. The monoisotopic (exact) mass is 310 g/mol. The number of hydrogen-bond donors (Lipinski definition) is 2. The summed E-state index contributed by atoms with van der Waals surface area (Å²) in [7, 11) is 0. The number of aromatic amines is 2. The van der Waals surface area contributed by atoms with Crippen molar-refractivity contribution in [1.29, 1.82) is 0 Å². The molecule has 9 heteroatoms. The Labute approximate surface area is 130 Å². The molecule has 0 aliphatic rings. The third kappa shape index (κ3) is 2.22. The molecule has 0 fully saturated rings. The van der Waals surface area contributed by atoms with E-state index in [0.717, 1.165) is 28.4 Å². The molecule has 4 rings (SSSR count). The number of aromatic nitrogens is 8. The van der Waals surface area contributed by atoms with E-state index in [9.17, 15) is 4.79 Å². The van der Waals surface area contributed by atoms with Crippen molar-refractivity contribution in [3.8, 4) is 11.4 Å². The summed E-state index contributed by atoms with van der Waals surface area (Å²) >= 11 is 0. The van der Waals surface area contributed by atoms with Crippen LogP contribution >= 0.6 is 0 Å². The molecule has 0 amide bonds. The molecule has 4 aromatic rings. The normalized spacial score (nSPS) is 11.4. The molecule has 23 heavy (non-hydrogen) atoms. The van der Waals surface area contributed by atoms with E-state index in [1.54, 1.807) is 16.9 Å². The second kappa shape index (κ2) is 4.90. The first-order chi connectivity index (χ1) is 11.1. The van der Waals surface area contributed by atoms with Crippen molar-refractivity contribution in [3.05, 3.63) is 52.4 Å². The number of nitrogens with one attached hydrogen (secondary N) is 2. The number of nitrogens with zero attached hydrogens (tertiary/aromatic N) is 6. The van der Waals surface area contributed by atoms with Crippen molar-refractivity contribution in [3.63, 3.8) is 0 Å². The average molecular weight is 310 g/mol. The van der Waals surface area contributed by atoms with E-state index in [-0.39, 0.29) is 5.69 Å². The van der Waals surface area contributed by atoms with Gasteiger partial charge in [-0.1, -0.05) is 0 Å². The van der Waals surface area contributed by atoms with Gasteiger partial charge in [-0.25, -0.2) is 24.4 Å². The summed E-state index contributed by atoms with van der Waals surface area (Å²) in [6.45, 7) is 4.33. The SMILES string of the molecule is Cc1cc(C)n2ncc(-c3nccn3Cc3n[nH]c(=O)[nH]3)c2n1. The largest absolute Gasteiger partial charge is 0.340 e. The Hall–Kier alpha value is -3.23. The Morgan fingerprint density at radius 1 is 1.30 bits per heavy atom. The molecule has 0 spiro atoms. The van der Waals surface area contributed by atoms with Crippen LogP contribution in [0.1, 0.15) is 17.2 Å². The third-order valence-electron chi connectivity index (χ3n) is 3.60.